The van der Waals surface area contributed by atoms with Gasteiger partial charge >= 0.3 is 0 Å². The van der Waals surface area contributed by atoms with Gasteiger partial charge in [0.05, 0.1) is 18.8 Å². The number of nitrogens with zero attached hydrogens (tertiary/aromatic N) is 2. The second-order valence-electron chi connectivity index (χ2n) is 6.33. The molecule has 0 aromatic rings. The highest BCUT2D eigenvalue weighted by Gasteiger charge is 2.64. The number of hydrogen-bond donors (Lipinski definition) is 0. The van der Waals surface area contributed by atoms with Crippen molar-refractivity contribution in [3.05, 3.63) is 0 Å². The maximum Gasteiger partial charge on any atom is 0.0793 e. The molecule has 4 rings (SSSR count). The lowest BCUT2D eigenvalue weighted by Crippen LogP contribution is -2.62. The van der Waals surface area contributed by atoms with E-state index in [2.05, 4.69) is 11.1 Å². The number of fused-ring (bicyclic) bond motifs is 3. The van der Waals surface area contributed by atoms with E-state index in [1.807, 2.05) is 0 Å². The van der Waals surface area contributed by atoms with E-state index in [4.69, 9.17) is 9.73 Å². The number of morpholine rings is 1. The molecule has 2 bridgehead atoms. The Kier molecular flexibility index (Phi) is 2.19. The van der Waals surface area contributed by atoms with Crippen molar-refractivity contribution in [1.82, 2.24) is 4.90 Å². The summed E-state index contributed by atoms with van der Waals surface area (Å²) in [5.74, 6) is 0.952. The molecule has 3 nitrogen and oxygen atoms in total. The van der Waals surface area contributed by atoms with Crippen molar-refractivity contribution >= 4 is 6.21 Å². The highest BCUT2D eigenvalue weighted by Crippen LogP contribution is 2.61. The van der Waals surface area contributed by atoms with Gasteiger partial charge in [0.1, 0.15) is 0 Å². The molecule has 2 heterocycles. The van der Waals surface area contributed by atoms with Crippen molar-refractivity contribution in [3.8, 4) is 0 Å². The summed E-state index contributed by atoms with van der Waals surface area (Å²) in [6.45, 7) is 4.10. The van der Waals surface area contributed by atoms with Gasteiger partial charge in [-0.15, -0.1) is 0 Å². The van der Waals surface area contributed by atoms with Crippen LogP contribution >= 0.6 is 0 Å². The molecule has 1 saturated heterocycles. The predicted molar refractivity (Wildman–Crippen MR) is 67.5 cm³/mol. The Balaban J connectivity index is 1.70. The van der Waals surface area contributed by atoms with Crippen LogP contribution in [0.1, 0.15) is 38.5 Å². The summed E-state index contributed by atoms with van der Waals surface area (Å²) in [6, 6.07) is 0. The summed E-state index contributed by atoms with van der Waals surface area (Å²) in [6.07, 6.45) is 10.3. The molecule has 0 N–H and O–H groups in total. The second-order valence-corrected chi connectivity index (χ2v) is 6.33. The third kappa shape index (κ3) is 1.27. The van der Waals surface area contributed by atoms with E-state index in [1.54, 1.807) is 0 Å². The van der Waals surface area contributed by atoms with Crippen molar-refractivity contribution in [2.75, 3.05) is 26.3 Å². The van der Waals surface area contributed by atoms with E-state index in [-0.39, 0.29) is 0 Å². The molecule has 0 amide bonds. The van der Waals surface area contributed by atoms with Crippen LogP contribution in [-0.2, 0) is 4.74 Å². The Hall–Kier alpha value is -0.410. The lowest BCUT2D eigenvalue weighted by molar-refractivity contribution is -0.0455. The van der Waals surface area contributed by atoms with Crippen molar-refractivity contribution < 1.29 is 4.74 Å². The zero-order chi connectivity index (χ0) is 11.3. The van der Waals surface area contributed by atoms with Gasteiger partial charge in [-0.2, -0.15) is 0 Å². The molecule has 0 aromatic heterocycles. The van der Waals surface area contributed by atoms with Gasteiger partial charge in [0, 0.05) is 18.6 Å². The van der Waals surface area contributed by atoms with E-state index < -0.39 is 0 Å². The van der Waals surface area contributed by atoms with Crippen LogP contribution in [0.5, 0.6) is 0 Å². The molecule has 0 radical (unpaired) electrons. The normalized spacial score (nSPS) is 49.5. The first-order valence-corrected chi connectivity index (χ1v) is 7.21. The van der Waals surface area contributed by atoms with Crippen molar-refractivity contribution in [2.45, 2.75) is 49.6 Å². The van der Waals surface area contributed by atoms with Gasteiger partial charge in [-0.1, -0.05) is 0 Å². The summed E-state index contributed by atoms with van der Waals surface area (Å²) in [4.78, 5) is 7.73. The second kappa shape index (κ2) is 3.55. The molecule has 1 spiro atoms. The van der Waals surface area contributed by atoms with Gasteiger partial charge in [0.15, 0.2) is 0 Å². The largest absolute Gasteiger partial charge is 0.379 e. The average Bonchev–Trinajstić information content (AvgIpc) is 3.06. The van der Waals surface area contributed by atoms with Crippen molar-refractivity contribution in [1.29, 1.82) is 0 Å². The van der Waals surface area contributed by atoms with Crippen LogP contribution in [0.15, 0.2) is 4.99 Å². The Morgan fingerprint density at radius 1 is 1.18 bits per heavy atom. The van der Waals surface area contributed by atoms with Crippen LogP contribution in [0.25, 0.3) is 0 Å². The summed E-state index contributed by atoms with van der Waals surface area (Å²) < 4.78 is 5.53. The summed E-state index contributed by atoms with van der Waals surface area (Å²) in [7, 11) is 0. The van der Waals surface area contributed by atoms with Crippen molar-refractivity contribution in [2.24, 2.45) is 10.9 Å². The molecule has 3 fully saturated rings. The third-order valence-corrected chi connectivity index (χ3v) is 5.73. The van der Waals surface area contributed by atoms with Crippen LogP contribution in [0.2, 0.25) is 0 Å². The molecule has 2 aliphatic carbocycles. The zero-order valence-corrected chi connectivity index (χ0v) is 10.5. The summed E-state index contributed by atoms with van der Waals surface area (Å²) in [5, 5.41) is 0. The Bertz CT molecular complexity index is 350. The molecular weight excluding hydrogens is 212 g/mol. The number of rotatable bonds is 1. The van der Waals surface area contributed by atoms with Gasteiger partial charge in [-0.25, -0.2) is 0 Å². The SMILES string of the molecule is C1=NC2(CC1)CC1CCC2(N2CCOCC2)C1. The molecule has 2 aliphatic heterocycles. The van der Waals surface area contributed by atoms with Crippen LogP contribution in [0, 0.1) is 5.92 Å². The van der Waals surface area contributed by atoms with Crippen LogP contribution in [-0.4, -0.2) is 48.5 Å². The highest BCUT2D eigenvalue weighted by molar-refractivity contribution is 5.62. The molecular formula is C14H22N2O. The van der Waals surface area contributed by atoms with Gasteiger partial charge in [0.2, 0.25) is 0 Å². The Morgan fingerprint density at radius 3 is 2.76 bits per heavy atom. The smallest absolute Gasteiger partial charge is 0.0793 e. The van der Waals surface area contributed by atoms with Gasteiger partial charge < -0.3 is 4.74 Å². The Labute approximate surface area is 103 Å². The maximum absolute atomic E-state index is 5.53. The molecule has 3 unspecified atom stereocenters. The van der Waals surface area contributed by atoms with Crippen molar-refractivity contribution in [3.63, 3.8) is 0 Å². The van der Waals surface area contributed by atoms with Crippen LogP contribution in [0.3, 0.4) is 0 Å². The minimum absolute atomic E-state index is 0.299. The van der Waals surface area contributed by atoms with E-state index in [9.17, 15) is 0 Å². The fourth-order valence-corrected chi connectivity index (χ4v) is 5.08. The third-order valence-electron chi connectivity index (χ3n) is 5.73. The molecule has 0 aromatic carbocycles. The molecule has 94 valence electrons. The van der Waals surface area contributed by atoms with E-state index in [0.29, 0.717) is 11.1 Å². The molecule has 3 atom stereocenters. The standard InChI is InChI=1S/C14H22N2O/c1-3-13(15-5-1)10-12-2-4-14(13,11-12)16-6-8-17-9-7-16/h5,12H,1-4,6-11H2. The van der Waals surface area contributed by atoms with Gasteiger partial charge in [-0.3, -0.25) is 9.89 Å². The monoisotopic (exact) mass is 234 g/mol. The average molecular weight is 234 g/mol. The highest BCUT2D eigenvalue weighted by atomic mass is 16.5. The zero-order valence-electron chi connectivity index (χ0n) is 10.5. The predicted octanol–water partition coefficient (Wildman–Crippen LogP) is 1.86. The minimum Gasteiger partial charge on any atom is -0.379 e. The van der Waals surface area contributed by atoms with E-state index in [0.717, 1.165) is 32.2 Å². The van der Waals surface area contributed by atoms with Gasteiger partial charge in [0.25, 0.3) is 0 Å². The summed E-state index contributed by atoms with van der Waals surface area (Å²) in [5.41, 5.74) is 0.710. The summed E-state index contributed by atoms with van der Waals surface area (Å²) >= 11 is 0. The fraction of sp³-hybridized carbons (Fsp3) is 0.929. The lowest BCUT2D eigenvalue weighted by Gasteiger charge is -2.51. The fourth-order valence-electron chi connectivity index (χ4n) is 5.08. The molecule has 4 aliphatic rings. The molecule has 2 saturated carbocycles. The lowest BCUT2D eigenvalue weighted by atomic mass is 9.72. The minimum atomic E-state index is 0.299. The van der Waals surface area contributed by atoms with Gasteiger partial charge in [-0.05, 0) is 50.7 Å². The van der Waals surface area contributed by atoms with E-state index >= 15 is 0 Å². The number of hydrogen-bond acceptors (Lipinski definition) is 3. The quantitative estimate of drug-likeness (QED) is 0.692. The Morgan fingerprint density at radius 2 is 2.06 bits per heavy atom. The van der Waals surface area contributed by atoms with Crippen LogP contribution in [0.4, 0.5) is 0 Å². The number of ether oxygens (including phenoxy) is 1. The first-order valence-electron chi connectivity index (χ1n) is 7.21. The first kappa shape index (κ1) is 10.5. The molecule has 17 heavy (non-hydrogen) atoms. The first-order chi connectivity index (χ1) is 8.35. The maximum atomic E-state index is 5.53. The van der Waals surface area contributed by atoms with Crippen LogP contribution < -0.4 is 0 Å². The number of aliphatic imine (C=N–C) groups is 1. The molecule has 3 heteroatoms. The van der Waals surface area contributed by atoms with E-state index in [1.165, 1.54) is 38.5 Å². The topological polar surface area (TPSA) is 24.8 Å².